The molecule has 2 heterocycles. The van der Waals surface area contributed by atoms with Crippen LogP contribution in [-0.2, 0) is 19.8 Å². The van der Waals surface area contributed by atoms with E-state index in [0.717, 1.165) is 22.5 Å². The molecular formula is C23H26ClN5OS. The van der Waals surface area contributed by atoms with Crippen LogP contribution >= 0.6 is 23.8 Å². The minimum Gasteiger partial charge on any atom is -0.283 e. The Balaban J connectivity index is 1.78. The van der Waals surface area contributed by atoms with Gasteiger partial charge in [0.2, 0.25) is 10.5 Å². The lowest BCUT2D eigenvalue weighted by Crippen LogP contribution is -2.24. The van der Waals surface area contributed by atoms with Crippen molar-refractivity contribution in [2.75, 3.05) is 7.05 Å². The van der Waals surface area contributed by atoms with E-state index in [9.17, 15) is 4.79 Å². The van der Waals surface area contributed by atoms with Crippen LogP contribution in [0.25, 0.3) is 16.7 Å². The molecule has 8 heteroatoms. The second-order valence-electron chi connectivity index (χ2n) is 8.36. The maximum absolute atomic E-state index is 13.2. The predicted octanol–water partition coefficient (Wildman–Crippen LogP) is 4.97. The Labute approximate surface area is 191 Å². The SMILES string of the molecule is CC(C)CCn1c(=O)c2ccccc2n2c(=S)n(CN(C)Cc3cccc(Cl)c3)nc12. The highest BCUT2D eigenvalue weighted by Gasteiger charge is 2.16. The monoisotopic (exact) mass is 455 g/mol. The normalized spacial score (nSPS) is 11.9. The Hall–Kier alpha value is -2.48. The largest absolute Gasteiger partial charge is 0.283 e. The summed E-state index contributed by atoms with van der Waals surface area (Å²) < 4.78 is 6.03. The average molecular weight is 456 g/mol. The Kier molecular flexibility index (Phi) is 6.27. The molecule has 0 saturated carbocycles. The summed E-state index contributed by atoms with van der Waals surface area (Å²) in [5.41, 5.74) is 1.88. The van der Waals surface area contributed by atoms with E-state index in [0.29, 0.717) is 41.6 Å². The molecule has 6 nitrogen and oxygen atoms in total. The molecule has 0 atom stereocenters. The Morgan fingerprint density at radius 1 is 1.16 bits per heavy atom. The zero-order chi connectivity index (χ0) is 22.1. The second kappa shape index (κ2) is 8.94. The van der Waals surface area contributed by atoms with Crippen molar-refractivity contribution in [2.24, 2.45) is 5.92 Å². The number of para-hydroxylation sites is 1. The lowest BCUT2D eigenvalue weighted by molar-refractivity contribution is 0.244. The zero-order valence-corrected chi connectivity index (χ0v) is 19.5. The fraction of sp³-hybridized carbons (Fsp3) is 0.348. The maximum Gasteiger partial charge on any atom is 0.262 e. The minimum absolute atomic E-state index is 0.0248. The molecule has 0 spiro atoms. The van der Waals surface area contributed by atoms with Gasteiger partial charge in [0.15, 0.2) is 0 Å². The number of benzene rings is 2. The van der Waals surface area contributed by atoms with Crippen LogP contribution in [0.3, 0.4) is 0 Å². The van der Waals surface area contributed by atoms with Crippen LogP contribution in [-0.4, -0.2) is 30.7 Å². The molecule has 0 radical (unpaired) electrons. The molecule has 0 N–H and O–H groups in total. The van der Waals surface area contributed by atoms with Gasteiger partial charge in [-0.1, -0.05) is 49.7 Å². The third-order valence-electron chi connectivity index (χ3n) is 5.33. The molecule has 4 aromatic rings. The van der Waals surface area contributed by atoms with Gasteiger partial charge in [-0.3, -0.25) is 18.7 Å². The molecule has 0 fully saturated rings. The minimum atomic E-state index is -0.0248. The summed E-state index contributed by atoms with van der Waals surface area (Å²) >= 11 is 11.9. The summed E-state index contributed by atoms with van der Waals surface area (Å²) in [4.78, 5) is 15.3. The molecule has 31 heavy (non-hydrogen) atoms. The van der Waals surface area contributed by atoms with Crippen LogP contribution in [0.1, 0.15) is 25.8 Å². The first-order chi connectivity index (χ1) is 14.8. The first-order valence-corrected chi connectivity index (χ1v) is 11.2. The highest BCUT2D eigenvalue weighted by Crippen LogP contribution is 2.16. The van der Waals surface area contributed by atoms with Crippen LogP contribution in [0.2, 0.25) is 5.02 Å². The fourth-order valence-corrected chi connectivity index (χ4v) is 4.27. The van der Waals surface area contributed by atoms with Gasteiger partial charge in [-0.2, -0.15) is 0 Å². The van der Waals surface area contributed by atoms with E-state index in [4.69, 9.17) is 28.9 Å². The van der Waals surface area contributed by atoms with Crippen molar-refractivity contribution < 1.29 is 0 Å². The lowest BCUT2D eigenvalue weighted by Gasteiger charge is -2.16. The number of hydrogen-bond acceptors (Lipinski definition) is 4. The molecule has 0 aliphatic rings. The quantitative estimate of drug-likeness (QED) is 0.369. The van der Waals surface area contributed by atoms with Crippen molar-refractivity contribution in [3.63, 3.8) is 0 Å². The number of aromatic nitrogens is 4. The van der Waals surface area contributed by atoms with E-state index in [1.807, 2.05) is 60.0 Å². The molecule has 2 aromatic carbocycles. The molecule has 0 saturated heterocycles. The smallest absolute Gasteiger partial charge is 0.262 e. The maximum atomic E-state index is 13.2. The topological polar surface area (TPSA) is 47.5 Å². The first-order valence-electron chi connectivity index (χ1n) is 10.4. The number of rotatable bonds is 7. The number of halogens is 1. The van der Waals surface area contributed by atoms with E-state index in [1.165, 1.54) is 0 Å². The summed E-state index contributed by atoms with van der Waals surface area (Å²) in [7, 11) is 2.01. The standard InChI is InChI=1S/C23H26ClN5OS/c1-16(2)11-12-27-21(30)19-9-4-5-10-20(19)29-22(27)25-28(23(29)31)15-26(3)14-17-7-6-8-18(24)13-17/h4-10,13,16H,11-12,14-15H2,1-3H3. The molecular weight excluding hydrogens is 430 g/mol. The van der Waals surface area contributed by atoms with Crippen LogP contribution in [0, 0.1) is 10.7 Å². The summed E-state index contributed by atoms with van der Waals surface area (Å²) in [6.45, 7) is 6.11. The number of nitrogens with zero attached hydrogens (tertiary/aromatic N) is 5. The predicted molar refractivity (Wildman–Crippen MR) is 128 cm³/mol. The summed E-state index contributed by atoms with van der Waals surface area (Å²) in [5.74, 6) is 1.07. The van der Waals surface area contributed by atoms with Gasteiger partial charge in [0.25, 0.3) is 5.56 Å². The van der Waals surface area contributed by atoms with Gasteiger partial charge in [0.1, 0.15) is 0 Å². The number of fused-ring (bicyclic) bond motifs is 3. The molecule has 0 aliphatic carbocycles. The van der Waals surface area contributed by atoms with Gasteiger partial charge in [0, 0.05) is 18.1 Å². The van der Waals surface area contributed by atoms with Crippen molar-refractivity contribution in [1.82, 2.24) is 23.6 Å². The van der Waals surface area contributed by atoms with Crippen molar-refractivity contribution in [2.45, 2.75) is 40.0 Å². The Bertz CT molecular complexity index is 1350. The third kappa shape index (κ3) is 4.44. The molecule has 2 aromatic heterocycles. The van der Waals surface area contributed by atoms with Gasteiger partial charge in [-0.15, -0.1) is 5.10 Å². The van der Waals surface area contributed by atoms with Crippen molar-refractivity contribution in [1.29, 1.82) is 0 Å². The van der Waals surface area contributed by atoms with Crippen LogP contribution in [0.4, 0.5) is 0 Å². The number of hydrogen-bond donors (Lipinski definition) is 0. The van der Waals surface area contributed by atoms with E-state index < -0.39 is 0 Å². The van der Waals surface area contributed by atoms with E-state index in [1.54, 1.807) is 9.25 Å². The van der Waals surface area contributed by atoms with E-state index in [-0.39, 0.29) is 5.56 Å². The van der Waals surface area contributed by atoms with E-state index in [2.05, 4.69) is 18.7 Å². The van der Waals surface area contributed by atoms with Gasteiger partial charge in [0.05, 0.1) is 17.6 Å². The third-order valence-corrected chi connectivity index (χ3v) is 5.96. The summed E-state index contributed by atoms with van der Waals surface area (Å²) in [6.07, 6.45) is 0.891. The molecule has 0 amide bonds. The van der Waals surface area contributed by atoms with Crippen LogP contribution in [0.5, 0.6) is 0 Å². The Morgan fingerprint density at radius 2 is 1.94 bits per heavy atom. The second-order valence-corrected chi connectivity index (χ2v) is 9.16. The van der Waals surface area contributed by atoms with Gasteiger partial charge in [-0.25, -0.2) is 4.68 Å². The van der Waals surface area contributed by atoms with Gasteiger partial charge < -0.3 is 0 Å². The van der Waals surface area contributed by atoms with Crippen LogP contribution < -0.4 is 5.56 Å². The van der Waals surface area contributed by atoms with Crippen molar-refractivity contribution in [3.8, 4) is 0 Å². The van der Waals surface area contributed by atoms with Crippen LogP contribution in [0.15, 0.2) is 53.3 Å². The summed E-state index contributed by atoms with van der Waals surface area (Å²) in [5, 5.41) is 6.14. The lowest BCUT2D eigenvalue weighted by atomic mass is 10.1. The van der Waals surface area contributed by atoms with Gasteiger partial charge >= 0.3 is 0 Å². The van der Waals surface area contributed by atoms with Crippen molar-refractivity contribution >= 4 is 40.5 Å². The average Bonchev–Trinajstić information content (AvgIpc) is 3.03. The van der Waals surface area contributed by atoms with Gasteiger partial charge in [-0.05, 0) is 61.4 Å². The Morgan fingerprint density at radius 3 is 2.68 bits per heavy atom. The fourth-order valence-electron chi connectivity index (χ4n) is 3.77. The molecule has 0 bridgehead atoms. The zero-order valence-electron chi connectivity index (χ0n) is 18.0. The first kappa shape index (κ1) is 21.7. The molecule has 4 rings (SSSR count). The number of aryl methyl sites for hydroxylation is 1. The molecule has 0 aliphatic heterocycles. The summed E-state index contributed by atoms with van der Waals surface area (Å²) in [6, 6.07) is 15.4. The molecule has 0 unspecified atom stereocenters. The highest BCUT2D eigenvalue weighted by atomic mass is 35.5. The van der Waals surface area contributed by atoms with Crippen molar-refractivity contribution in [3.05, 3.63) is 74.2 Å². The molecule has 162 valence electrons. The van der Waals surface area contributed by atoms with E-state index >= 15 is 0 Å². The highest BCUT2D eigenvalue weighted by molar-refractivity contribution is 7.71.